The number of ether oxygens (including phenoxy) is 1. The van der Waals surface area contributed by atoms with Crippen LogP contribution in [0.15, 0.2) is 17.5 Å². The number of nitrogens with one attached hydrogen (secondary N) is 2. The van der Waals surface area contributed by atoms with Crippen LogP contribution >= 0.6 is 11.3 Å². The summed E-state index contributed by atoms with van der Waals surface area (Å²) in [6.45, 7) is 2.06. The van der Waals surface area contributed by atoms with Crippen LogP contribution in [0.25, 0.3) is 0 Å². The van der Waals surface area contributed by atoms with Crippen molar-refractivity contribution >= 4 is 29.1 Å². The van der Waals surface area contributed by atoms with E-state index < -0.39 is 5.97 Å². The standard InChI is InChI=1S/C12H16N2O4S/c1-2-18-11(16)8-14-10(15)5-6-13-12(17)9-4-3-7-19-9/h3-4,7H,2,5-6,8H2,1H3,(H,13,17)(H,14,15). The highest BCUT2D eigenvalue weighted by Crippen LogP contribution is 2.07. The van der Waals surface area contributed by atoms with Gasteiger partial charge in [-0.3, -0.25) is 14.4 Å². The summed E-state index contributed by atoms with van der Waals surface area (Å²) in [4.78, 5) is 34.5. The minimum absolute atomic E-state index is 0.122. The van der Waals surface area contributed by atoms with E-state index >= 15 is 0 Å². The molecule has 0 aliphatic carbocycles. The van der Waals surface area contributed by atoms with Gasteiger partial charge in [0.15, 0.2) is 0 Å². The van der Waals surface area contributed by atoms with E-state index in [2.05, 4.69) is 15.4 Å². The molecule has 0 spiro atoms. The van der Waals surface area contributed by atoms with E-state index in [1.54, 1.807) is 24.4 Å². The van der Waals surface area contributed by atoms with Gasteiger partial charge in [-0.15, -0.1) is 11.3 Å². The summed E-state index contributed by atoms with van der Waals surface area (Å²) in [7, 11) is 0. The van der Waals surface area contributed by atoms with Gasteiger partial charge in [0.05, 0.1) is 11.5 Å². The van der Waals surface area contributed by atoms with Crippen LogP contribution in [0.2, 0.25) is 0 Å². The van der Waals surface area contributed by atoms with Crippen molar-refractivity contribution in [2.45, 2.75) is 13.3 Å². The van der Waals surface area contributed by atoms with Gasteiger partial charge >= 0.3 is 5.97 Å². The monoisotopic (exact) mass is 284 g/mol. The molecule has 7 heteroatoms. The molecule has 0 atom stereocenters. The predicted molar refractivity (Wildman–Crippen MR) is 70.9 cm³/mol. The van der Waals surface area contributed by atoms with Gasteiger partial charge in [0, 0.05) is 13.0 Å². The van der Waals surface area contributed by atoms with Gasteiger partial charge < -0.3 is 15.4 Å². The van der Waals surface area contributed by atoms with Crippen LogP contribution in [0.5, 0.6) is 0 Å². The van der Waals surface area contributed by atoms with Crippen molar-refractivity contribution in [1.82, 2.24) is 10.6 Å². The summed E-state index contributed by atoms with van der Waals surface area (Å²) in [6.07, 6.45) is 0.122. The van der Waals surface area contributed by atoms with Crippen LogP contribution in [0, 0.1) is 0 Å². The molecule has 19 heavy (non-hydrogen) atoms. The molecule has 0 saturated carbocycles. The Kier molecular flexibility index (Phi) is 6.59. The van der Waals surface area contributed by atoms with Gasteiger partial charge in [-0.2, -0.15) is 0 Å². The van der Waals surface area contributed by atoms with Crippen molar-refractivity contribution in [2.75, 3.05) is 19.7 Å². The molecular formula is C12H16N2O4S. The summed E-state index contributed by atoms with van der Waals surface area (Å²) in [5, 5.41) is 6.84. The summed E-state index contributed by atoms with van der Waals surface area (Å²) in [5.41, 5.74) is 0. The first-order valence-electron chi connectivity index (χ1n) is 5.87. The van der Waals surface area contributed by atoms with Crippen molar-refractivity contribution in [3.05, 3.63) is 22.4 Å². The number of carbonyl (C=O) groups is 3. The number of hydrogen-bond acceptors (Lipinski definition) is 5. The molecule has 0 aromatic carbocycles. The maximum atomic E-state index is 11.5. The van der Waals surface area contributed by atoms with Gasteiger partial charge in [0.25, 0.3) is 5.91 Å². The molecule has 0 bridgehead atoms. The fourth-order valence-corrected chi connectivity index (χ4v) is 1.90. The molecule has 0 aliphatic rings. The lowest BCUT2D eigenvalue weighted by Gasteiger charge is -2.05. The van der Waals surface area contributed by atoms with Crippen molar-refractivity contribution in [3.8, 4) is 0 Å². The Morgan fingerprint density at radius 2 is 2.11 bits per heavy atom. The smallest absolute Gasteiger partial charge is 0.325 e. The minimum Gasteiger partial charge on any atom is -0.465 e. The first-order chi connectivity index (χ1) is 9.13. The first kappa shape index (κ1) is 15.2. The van der Waals surface area contributed by atoms with Crippen molar-refractivity contribution in [1.29, 1.82) is 0 Å². The van der Waals surface area contributed by atoms with Gasteiger partial charge in [0.1, 0.15) is 6.54 Å². The number of esters is 1. The molecule has 0 unspecified atom stereocenters. The number of amides is 2. The number of thiophene rings is 1. The Labute approximate surface area is 115 Å². The van der Waals surface area contributed by atoms with Crippen LogP contribution < -0.4 is 10.6 Å². The van der Waals surface area contributed by atoms with E-state index in [-0.39, 0.29) is 37.9 Å². The second-order valence-corrected chi connectivity index (χ2v) is 4.51. The van der Waals surface area contributed by atoms with Crippen molar-refractivity contribution in [2.24, 2.45) is 0 Å². The fraction of sp³-hybridized carbons (Fsp3) is 0.417. The highest BCUT2D eigenvalue weighted by Gasteiger charge is 2.08. The van der Waals surface area contributed by atoms with E-state index in [9.17, 15) is 14.4 Å². The third-order valence-corrected chi connectivity index (χ3v) is 2.99. The molecule has 0 radical (unpaired) electrons. The fourth-order valence-electron chi connectivity index (χ4n) is 1.26. The lowest BCUT2D eigenvalue weighted by molar-refractivity contribution is -0.143. The molecule has 104 valence electrons. The van der Waals surface area contributed by atoms with Crippen LogP contribution in [0.4, 0.5) is 0 Å². The van der Waals surface area contributed by atoms with Gasteiger partial charge in [-0.1, -0.05) is 6.07 Å². The minimum atomic E-state index is -0.474. The number of rotatable bonds is 7. The van der Waals surface area contributed by atoms with E-state index in [4.69, 9.17) is 0 Å². The van der Waals surface area contributed by atoms with E-state index in [1.165, 1.54) is 11.3 Å². The highest BCUT2D eigenvalue weighted by molar-refractivity contribution is 7.12. The average Bonchev–Trinajstić information content (AvgIpc) is 2.90. The molecular weight excluding hydrogens is 268 g/mol. The largest absolute Gasteiger partial charge is 0.465 e. The second-order valence-electron chi connectivity index (χ2n) is 3.56. The molecule has 1 heterocycles. The normalized spacial score (nSPS) is 9.74. The van der Waals surface area contributed by atoms with Gasteiger partial charge in [-0.05, 0) is 18.4 Å². The van der Waals surface area contributed by atoms with Crippen molar-refractivity contribution < 1.29 is 19.1 Å². The van der Waals surface area contributed by atoms with E-state index in [0.29, 0.717) is 4.88 Å². The molecule has 2 amide bonds. The third kappa shape index (κ3) is 6.01. The Morgan fingerprint density at radius 3 is 2.74 bits per heavy atom. The molecule has 1 rings (SSSR count). The molecule has 0 aliphatic heterocycles. The average molecular weight is 284 g/mol. The topological polar surface area (TPSA) is 84.5 Å². The van der Waals surface area contributed by atoms with Gasteiger partial charge in [-0.25, -0.2) is 0 Å². The Balaban J connectivity index is 2.14. The SMILES string of the molecule is CCOC(=O)CNC(=O)CCNC(=O)c1cccs1. The Hall–Kier alpha value is -1.89. The maximum Gasteiger partial charge on any atom is 0.325 e. The maximum absolute atomic E-state index is 11.5. The lowest BCUT2D eigenvalue weighted by Crippen LogP contribution is -2.33. The Morgan fingerprint density at radius 1 is 1.32 bits per heavy atom. The van der Waals surface area contributed by atoms with Crippen LogP contribution in [0.1, 0.15) is 23.0 Å². The number of carbonyl (C=O) groups excluding carboxylic acids is 3. The Bertz CT molecular complexity index is 431. The molecule has 0 saturated heterocycles. The van der Waals surface area contributed by atoms with Gasteiger partial charge in [0.2, 0.25) is 5.91 Å². The molecule has 2 N–H and O–H groups in total. The van der Waals surface area contributed by atoms with Crippen LogP contribution in [0.3, 0.4) is 0 Å². The molecule has 1 aromatic heterocycles. The van der Waals surface area contributed by atoms with Crippen LogP contribution in [-0.2, 0) is 14.3 Å². The highest BCUT2D eigenvalue weighted by atomic mass is 32.1. The molecule has 0 fully saturated rings. The zero-order chi connectivity index (χ0) is 14.1. The lowest BCUT2D eigenvalue weighted by atomic mass is 10.3. The summed E-state index contributed by atoms with van der Waals surface area (Å²) in [6, 6.07) is 3.49. The quantitative estimate of drug-likeness (QED) is 0.716. The van der Waals surface area contributed by atoms with Crippen LogP contribution in [-0.4, -0.2) is 37.5 Å². The molecule has 1 aromatic rings. The number of hydrogen-bond donors (Lipinski definition) is 2. The summed E-state index contributed by atoms with van der Waals surface area (Å²) >= 11 is 1.34. The summed E-state index contributed by atoms with van der Waals surface area (Å²) < 4.78 is 4.66. The van der Waals surface area contributed by atoms with E-state index in [1.807, 2.05) is 0 Å². The van der Waals surface area contributed by atoms with Crippen molar-refractivity contribution in [3.63, 3.8) is 0 Å². The second kappa shape index (κ2) is 8.25. The molecule has 6 nitrogen and oxygen atoms in total. The summed E-state index contributed by atoms with van der Waals surface area (Å²) in [5.74, 6) is -0.980. The zero-order valence-corrected chi connectivity index (χ0v) is 11.4. The first-order valence-corrected chi connectivity index (χ1v) is 6.75. The third-order valence-electron chi connectivity index (χ3n) is 2.12. The predicted octanol–water partition coefficient (Wildman–Crippen LogP) is 0.547. The van der Waals surface area contributed by atoms with E-state index in [0.717, 1.165) is 0 Å². The zero-order valence-electron chi connectivity index (χ0n) is 10.6.